The van der Waals surface area contributed by atoms with Crippen molar-refractivity contribution in [1.82, 2.24) is 0 Å². The first kappa shape index (κ1) is 12.0. The second-order valence-corrected chi connectivity index (χ2v) is 2.71. The monoisotopic (exact) mass is 190 g/mol. The number of aliphatic hydroxyl groups excluding tert-OH is 1. The number of ketones is 1. The molecule has 0 saturated carbocycles. The zero-order valence-corrected chi connectivity index (χ0v) is 7.14. The van der Waals surface area contributed by atoms with Crippen molar-refractivity contribution < 1.29 is 19.8 Å². The van der Waals surface area contributed by atoms with E-state index in [0.717, 1.165) is 0 Å². The summed E-state index contributed by atoms with van der Waals surface area (Å²) in [4.78, 5) is 21.2. The van der Waals surface area contributed by atoms with Crippen LogP contribution in [0.3, 0.4) is 0 Å². The minimum atomic E-state index is -1.67. The third-order valence-corrected chi connectivity index (χ3v) is 1.57. The SMILES string of the molecule is NCCC(N)C(=O)CC(O)C(=O)O. The van der Waals surface area contributed by atoms with Gasteiger partial charge in [0.1, 0.15) is 0 Å². The number of rotatable bonds is 6. The van der Waals surface area contributed by atoms with Crippen molar-refractivity contribution in [3.8, 4) is 0 Å². The standard InChI is InChI=1S/C7H14N2O4/c8-2-1-4(9)5(10)3-6(11)7(12)13/h4,6,11H,1-3,8-9H2,(H,12,13). The Hall–Kier alpha value is -0.980. The fraction of sp³-hybridized carbons (Fsp3) is 0.714. The predicted molar refractivity (Wildman–Crippen MR) is 44.9 cm³/mol. The molecule has 0 aromatic heterocycles. The van der Waals surface area contributed by atoms with Crippen molar-refractivity contribution in [2.24, 2.45) is 11.5 Å². The number of nitrogens with two attached hydrogens (primary N) is 2. The largest absolute Gasteiger partial charge is 0.479 e. The summed E-state index contributed by atoms with van der Waals surface area (Å²) < 4.78 is 0. The number of carbonyl (C=O) groups is 2. The molecular formula is C7H14N2O4. The number of carboxylic acid groups (broad SMARTS) is 1. The molecule has 0 aliphatic heterocycles. The van der Waals surface area contributed by atoms with Gasteiger partial charge in [0, 0.05) is 6.42 Å². The van der Waals surface area contributed by atoms with Crippen LogP contribution in [0, 0.1) is 0 Å². The Balaban J connectivity index is 3.92. The fourth-order valence-corrected chi connectivity index (χ4v) is 0.770. The first-order valence-electron chi connectivity index (χ1n) is 3.88. The topological polar surface area (TPSA) is 127 Å². The van der Waals surface area contributed by atoms with Gasteiger partial charge < -0.3 is 21.7 Å². The average molecular weight is 190 g/mol. The zero-order chi connectivity index (χ0) is 10.4. The Morgan fingerprint density at radius 3 is 2.31 bits per heavy atom. The summed E-state index contributed by atoms with van der Waals surface area (Å²) in [6.45, 7) is 0.260. The Kier molecular flexibility index (Phi) is 5.20. The minimum absolute atomic E-state index is 0.260. The second kappa shape index (κ2) is 5.63. The third-order valence-electron chi connectivity index (χ3n) is 1.57. The van der Waals surface area contributed by atoms with E-state index in [1.54, 1.807) is 0 Å². The van der Waals surface area contributed by atoms with Crippen molar-refractivity contribution in [1.29, 1.82) is 0 Å². The molecule has 0 aliphatic rings. The number of carboxylic acids is 1. The molecule has 0 fully saturated rings. The van der Waals surface area contributed by atoms with Crippen LogP contribution < -0.4 is 11.5 Å². The molecule has 13 heavy (non-hydrogen) atoms. The molecule has 0 aliphatic carbocycles. The maximum Gasteiger partial charge on any atom is 0.332 e. The van der Waals surface area contributed by atoms with E-state index in [1.807, 2.05) is 0 Å². The van der Waals surface area contributed by atoms with E-state index in [-0.39, 0.29) is 6.54 Å². The van der Waals surface area contributed by atoms with Gasteiger partial charge in [0.15, 0.2) is 11.9 Å². The highest BCUT2D eigenvalue weighted by Crippen LogP contribution is 1.98. The molecule has 0 saturated heterocycles. The van der Waals surface area contributed by atoms with E-state index in [0.29, 0.717) is 6.42 Å². The van der Waals surface area contributed by atoms with Gasteiger partial charge in [0.25, 0.3) is 0 Å². The van der Waals surface area contributed by atoms with Crippen LogP contribution in [-0.2, 0) is 9.59 Å². The van der Waals surface area contributed by atoms with Gasteiger partial charge in [0.05, 0.1) is 6.04 Å². The van der Waals surface area contributed by atoms with Crippen LogP contribution in [-0.4, -0.2) is 40.7 Å². The summed E-state index contributed by atoms with van der Waals surface area (Å²) in [5, 5.41) is 17.1. The number of hydrogen-bond donors (Lipinski definition) is 4. The molecule has 0 spiro atoms. The van der Waals surface area contributed by atoms with Gasteiger partial charge >= 0.3 is 5.97 Å². The first-order chi connectivity index (χ1) is 5.99. The van der Waals surface area contributed by atoms with Crippen molar-refractivity contribution in [3.05, 3.63) is 0 Å². The van der Waals surface area contributed by atoms with E-state index in [9.17, 15) is 9.59 Å². The van der Waals surface area contributed by atoms with E-state index in [4.69, 9.17) is 21.7 Å². The molecule has 76 valence electrons. The van der Waals surface area contributed by atoms with Crippen LogP contribution in [0.5, 0.6) is 0 Å². The first-order valence-corrected chi connectivity index (χ1v) is 3.88. The van der Waals surface area contributed by atoms with Crippen molar-refractivity contribution in [3.63, 3.8) is 0 Å². The summed E-state index contributed by atoms with van der Waals surface area (Å²) in [6.07, 6.45) is -1.84. The second-order valence-electron chi connectivity index (χ2n) is 2.71. The van der Waals surface area contributed by atoms with Gasteiger partial charge in [-0.2, -0.15) is 0 Å². The van der Waals surface area contributed by atoms with E-state index in [2.05, 4.69) is 0 Å². The van der Waals surface area contributed by atoms with Crippen LogP contribution in [0.2, 0.25) is 0 Å². The summed E-state index contributed by atoms with van der Waals surface area (Å²) >= 11 is 0. The summed E-state index contributed by atoms with van der Waals surface area (Å²) in [5.41, 5.74) is 10.5. The highest BCUT2D eigenvalue weighted by molar-refractivity contribution is 5.88. The fourth-order valence-electron chi connectivity index (χ4n) is 0.770. The van der Waals surface area contributed by atoms with E-state index in [1.165, 1.54) is 0 Å². The minimum Gasteiger partial charge on any atom is -0.479 e. The van der Waals surface area contributed by atoms with Crippen LogP contribution in [0.25, 0.3) is 0 Å². The molecule has 0 heterocycles. The molecule has 2 unspecified atom stereocenters. The Morgan fingerprint density at radius 2 is 1.92 bits per heavy atom. The normalized spacial score (nSPS) is 15.0. The molecule has 0 aromatic rings. The molecule has 0 aromatic carbocycles. The van der Waals surface area contributed by atoms with Crippen molar-refractivity contribution >= 4 is 11.8 Å². The highest BCUT2D eigenvalue weighted by Gasteiger charge is 2.21. The van der Waals surface area contributed by atoms with Gasteiger partial charge in [-0.3, -0.25) is 4.79 Å². The zero-order valence-electron chi connectivity index (χ0n) is 7.14. The van der Waals surface area contributed by atoms with E-state index >= 15 is 0 Å². The lowest BCUT2D eigenvalue weighted by atomic mass is 10.0. The van der Waals surface area contributed by atoms with Crippen LogP contribution >= 0.6 is 0 Å². The third kappa shape index (κ3) is 4.56. The van der Waals surface area contributed by atoms with Gasteiger partial charge in [-0.25, -0.2) is 4.79 Å². The molecule has 6 heteroatoms. The summed E-state index contributed by atoms with van der Waals surface area (Å²) in [6, 6.07) is -0.779. The Morgan fingerprint density at radius 1 is 1.38 bits per heavy atom. The molecular weight excluding hydrogens is 176 g/mol. The molecule has 6 nitrogen and oxygen atoms in total. The molecule has 6 N–H and O–H groups in total. The van der Waals surface area contributed by atoms with Crippen molar-refractivity contribution in [2.75, 3.05) is 6.54 Å². The van der Waals surface area contributed by atoms with Crippen molar-refractivity contribution in [2.45, 2.75) is 25.0 Å². The lowest BCUT2D eigenvalue weighted by Gasteiger charge is -2.10. The van der Waals surface area contributed by atoms with Gasteiger partial charge in [0.2, 0.25) is 0 Å². The quantitative estimate of drug-likeness (QED) is 0.386. The highest BCUT2D eigenvalue weighted by atomic mass is 16.4. The number of Topliss-reactive ketones (excluding diaryl/α,β-unsaturated/α-hetero) is 1. The molecule has 2 atom stereocenters. The summed E-state index contributed by atoms with van der Waals surface area (Å²) in [7, 11) is 0. The van der Waals surface area contributed by atoms with E-state index < -0.39 is 30.3 Å². The lowest BCUT2D eigenvalue weighted by Crippen LogP contribution is -2.36. The van der Waals surface area contributed by atoms with Crippen LogP contribution in [0.4, 0.5) is 0 Å². The molecule has 0 amide bonds. The van der Waals surface area contributed by atoms with Gasteiger partial charge in [-0.05, 0) is 13.0 Å². The molecule has 0 bridgehead atoms. The lowest BCUT2D eigenvalue weighted by molar-refractivity contribution is -0.149. The van der Waals surface area contributed by atoms with Crippen LogP contribution in [0.1, 0.15) is 12.8 Å². The Labute approximate surface area is 75.5 Å². The maximum atomic E-state index is 11.0. The Bertz CT molecular complexity index is 195. The maximum absolute atomic E-state index is 11.0. The molecule has 0 rings (SSSR count). The van der Waals surface area contributed by atoms with Crippen LogP contribution in [0.15, 0.2) is 0 Å². The molecule has 0 radical (unpaired) electrons. The summed E-state index contributed by atoms with van der Waals surface area (Å²) in [5.74, 6) is -1.91. The number of aliphatic hydroxyl groups is 1. The number of hydrogen-bond acceptors (Lipinski definition) is 5. The van der Waals surface area contributed by atoms with Gasteiger partial charge in [-0.1, -0.05) is 0 Å². The smallest absolute Gasteiger partial charge is 0.332 e. The average Bonchev–Trinajstić information content (AvgIpc) is 2.04. The number of carbonyl (C=O) groups excluding carboxylic acids is 1. The predicted octanol–water partition coefficient (Wildman–Crippen LogP) is -1.93. The number of aliphatic carboxylic acids is 1. The van der Waals surface area contributed by atoms with Gasteiger partial charge in [-0.15, -0.1) is 0 Å².